The van der Waals surface area contributed by atoms with Crippen molar-refractivity contribution >= 4 is 23.2 Å². The first-order valence-electron chi connectivity index (χ1n) is 5.46. The molecule has 4 heteroatoms. The number of rotatable bonds is 6. The van der Waals surface area contributed by atoms with Gasteiger partial charge in [0.25, 0.3) is 0 Å². The first-order valence-corrected chi connectivity index (χ1v) is 6.21. The van der Waals surface area contributed by atoms with Gasteiger partial charge in [0.1, 0.15) is 0 Å². The van der Waals surface area contributed by atoms with E-state index in [4.69, 9.17) is 23.2 Å². The minimum Gasteiger partial charge on any atom is -0.392 e. The summed E-state index contributed by atoms with van der Waals surface area (Å²) in [6.07, 6.45) is 1.51. The molecule has 0 aliphatic heterocycles. The van der Waals surface area contributed by atoms with Crippen LogP contribution in [-0.4, -0.2) is 17.8 Å². The number of hydrogen-bond donors (Lipinski definition) is 2. The number of aliphatic hydroxyl groups excluding tert-OH is 1. The van der Waals surface area contributed by atoms with Crippen LogP contribution in [0.25, 0.3) is 0 Å². The Morgan fingerprint density at radius 1 is 1.38 bits per heavy atom. The molecule has 1 rings (SSSR count). The van der Waals surface area contributed by atoms with Crippen LogP contribution in [0.1, 0.15) is 25.3 Å². The van der Waals surface area contributed by atoms with E-state index in [1.807, 2.05) is 6.07 Å². The van der Waals surface area contributed by atoms with Gasteiger partial charge in [-0.2, -0.15) is 0 Å². The van der Waals surface area contributed by atoms with Crippen LogP contribution in [0.4, 0.5) is 0 Å². The standard InChI is InChI=1S/C12H17Cl2NO/c1-2-3-11(16)8-15-7-9-6-10(13)4-5-12(9)14/h4-6,11,15-16H,2-3,7-8H2,1H3. The maximum atomic E-state index is 9.53. The molecule has 16 heavy (non-hydrogen) atoms. The second kappa shape index (κ2) is 7.13. The zero-order chi connectivity index (χ0) is 12.0. The van der Waals surface area contributed by atoms with Crippen LogP contribution in [0.5, 0.6) is 0 Å². The third-order valence-electron chi connectivity index (χ3n) is 2.33. The van der Waals surface area contributed by atoms with E-state index in [2.05, 4.69) is 12.2 Å². The topological polar surface area (TPSA) is 32.3 Å². The van der Waals surface area contributed by atoms with Crippen molar-refractivity contribution in [2.75, 3.05) is 6.54 Å². The molecule has 0 heterocycles. The Morgan fingerprint density at radius 2 is 2.12 bits per heavy atom. The Hall–Kier alpha value is -0.280. The van der Waals surface area contributed by atoms with Gasteiger partial charge in [-0.15, -0.1) is 0 Å². The maximum Gasteiger partial charge on any atom is 0.0664 e. The Balaban J connectivity index is 2.39. The molecule has 1 aromatic rings. The largest absolute Gasteiger partial charge is 0.392 e. The summed E-state index contributed by atoms with van der Waals surface area (Å²) in [7, 11) is 0. The van der Waals surface area contributed by atoms with Crippen molar-refractivity contribution in [2.24, 2.45) is 0 Å². The van der Waals surface area contributed by atoms with Crippen molar-refractivity contribution in [3.63, 3.8) is 0 Å². The fourth-order valence-corrected chi connectivity index (χ4v) is 1.87. The summed E-state index contributed by atoms with van der Waals surface area (Å²) in [5, 5.41) is 14.1. The third-order valence-corrected chi connectivity index (χ3v) is 2.93. The molecule has 1 unspecified atom stereocenters. The first kappa shape index (κ1) is 13.8. The summed E-state index contributed by atoms with van der Waals surface area (Å²) in [5.41, 5.74) is 0.956. The van der Waals surface area contributed by atoms with Gasteiger partial charge in [-0.05, 0) is 30.2 Å². The van der Waals surface area contributed by atoms with Crippen LogP contribution in [-0.2, 0) is 6.54 Å². The number of hydrogen-bond acceptors (Lipinski definition) is 2. The molecule has 0 aliphatic carbocycles. The SMILES string of the molecule is CCCC(O)CNCc1cc(Cl)ccc1Cl. The molecule has 0 saturated heterocycles. The normalized spacial score (nSPS) is 12.8. The summed E-state index contributed by atoms with van der Waals surface area (Å²) in [6.45, 7) is 3.26. The van der Waals surface area contributed by atoms with Crippen molar-refractivity contribution in [2.45, 2.75) is 32.4 Å². The maximum absolute atomic E-state index is 9.53. The van der Waals surface area contributed by atoms with E-state index in [-0.39, 0.29) is 6.10 Å². The first-order chi connectivity index (χ1) is 7.63. The van der Waals surface area contributed by atoms with E-state index in [1.54, 1.807) is 12.1 Å². The lowest BCUT2D eigenvalue weighted by atomic mass is 10.2. The monoisotopic (exact) mass is 261 g/mol. The van der Waals surface area contributed by atoms with Gasteiger partial charge in [0.05, 0.1) is 6.10 Å². The predicted octanol–water partition coefficient (Wildman–Crippen LogP) is 3.24. The Bertz CT molecular complexity index is 331. The lowest BCUT2D eigenvalue weighted by Crippen LogP contribution is -2.26. The third kappa shape index (κ3) is 4.71. The smallest absolute Gasteiger partial charge is 0.0664 e. The second-order valence-corrected chi connectivity index (χ2v) is 4.65. The van der Waals surface area contributed by atoms with E-state index in [0.29, 0.717) is 23.1 Å². The van der Waals surface area contributed by atoms with Gasteiger partial charge in [0, 0.05) is 23.1 Å². The highest BCUT2D eigenvalue weighted by molar-refractivity contribution is 6.33. The van der Waals surface area contributed by atoms with Crippen LogP contribution in [0.15, 0.2) is 18.2 Å². The van der Waals surface area contributed by atoms with Crippen molar-refractivity contribution in [3.8, 4) is 0 Å². The highest BCUT2D eigenvalue weighted by atomic mass is 35.5. The summed E-state index contributed by atoms with van der Waals surface area (Å²) in [5.74, 6) is 0. The molecule has 0 saturated carbocycles. The van der Waals surface area contributed by atoms with Crippen molar-refractivity contribution in [1.82, 2.24) is 5.32 Å². The molecule has 0 fully saturated rings. The van der Waals surface area contributed by atoms with Crippen LogP contribution in [0.3, 0.4) is 0 Å². The molecular formula is C12H17Cl2NO. The van der Waals surface area contributed by atoms with Gasteiger partial charge in [-0.3, -0.25) is 0 Å². The molecular weight excluding hydrogens is 245 g/mol. The minimum absolute atomic E-state index is 0.289. The number of aliphatic hydroxyl groups is 1. The molecule has 0 amide bonds. The molecule has 0 bridgehead atoms. The van der Waals surface area contributed by atoms with Crippen molar-refractivity contribution in [1.29, 1.82) is 0 Å². The lowest BCUT2D eigenvalue weighted by molar-refractivity contribution is 0.160. The fourth-order valence-electron chi connectivity index (χ4n) is 1.49. The Labute approximate surface area is 107 Å². The van der Waals surface area contributed by atoms with Crippen LogP contribution in [0.2, 0.25) is 10.0 Å². The second-order valence-electron chi connectivity index (χ2n) is 3.81. The molecule has 0 spiro atoms. The fraction of sp³-hybridized carbons (Fsp3) is 0.500. The van der Waals surface area contributed by atoms with Crippen LogP contribution in [0, 0.1) is 0 Å². The molecule has 1 atom stereocenters. The Kier molecular flexibility index (Phi) is 6.14. The molecule has 90 valence electrons. The molecule has 0 radical (unpaired) electrons. The van der Waals surface area contributed by atoms with Gasteiger partial charge in [0.15, 0.2) is 0 Å². The molecule has 0 aliphatic rings. The average molecular weight is 262 g/mol. The number of benzene rings is 1. The Morgan fingerprint density at radius 3 is 2.81 bits per heavy atom. The van der Waals surface area contributed by atoms with Crippen LogP contribution < -0.4 is 5.32 Å². The summed E-state index contributed by atoms with van der Waals surface area (Å²) in [6, 6.07) is 5.38. The minimum atomic E-state index is -0.289. The molecule has 1 aromatic carbocycles. The quantitative estimate of drug-likeness (QED) is 0.824. The van der Waals surface area contributed by atoms with Gasteiger partial charge in [0.2, 0.25) is 0 Å². The zero-order valence-electron chi connectivity index (χ0n) is 9.34. The lowest BCUT2D eigenvalue weighted by Gasteiger charge is -2.11. The number of halogens is 2. The van der Waals surface area contributed by atoms with E-state index < -0.39 is 0 Å². The van der Waals surface area contributed by atoms with Crippen LogP contribution >= 0.6 is 23.2 Å². The average Bonchev–Trinajstić information content (AvgIpc) is 2.23. The highest BCUT2D eigenvalue weighted by Gasteiger charge is 2.04. The highest BCUT2D eigenvalue weighted by Crippen LogP contribution is 2.20. The molecule has 0 aromatic heterocycles. The van der Waals surface area contributed by atoms with E-state index >= 15 is 0 Å². The predicted molar refractivity (Wildman–Crippen MR) is 69.1 cm³/mol. The van der Waals surface area contributed by atoms with E-state index in [0.717, 1.165) is 18.4 Å². The summed E-state index contributed by atoms with van der Waals surface area (Å²) < 4.78 is 0. The van der Waals surface area contributed by atoms with Gasteiger partial charge in [-0.1, -0.05) is 36.5 Å². The summed E-state index contributed by atoms with van der Waals surface area (Å²) >= 11 is 11.9. The van der Waals surface area contributed by atoms with Crippen molar-refractivity contribution in [3.05, 3.63) is 33.8 Å². The van der Waals surface area contributed by atoms with Gasteiger partial charge < -0.3 is 10.4 Å². The zero-order valence-corrected chi connectivity index (χ0v) is 10.9. The van der Waals surface area contributed by atoms with E-state index in [1.165, 1.54) is 0 Å². The van der Waals surface area contributed by atoms with E-state index in [9.17, 15) is 5.11 Å². The van der Waals surface area contributed by atoms with Crippen molar-refractivity contribution < 1.29 is 5.11 Å². The summed E-state index contributed by atoms with van der Waals surface area (Å²) in [4.78, 5) is 0. The molecule has 2 N–H and O–H groups in total. The van der Waals surface area contributed by atoms with Gasteiger partial charge in [-0.25, -0.2) is 0 Å². The van der Waals surface area contributed by atoms with Gasteiger partial charge >= 0.3 is 0 Å². The number of nitrogens with one attached hydrogen (secondary N) is 1. The molecule has 2 nitrogen and oxygen atoms in total.